The highest BCUT2D eigenvalue weighted by molar-refractivity contribution is 6.40. The first-order chi connectivity index (χ1) is 14.7. The van der Waals surface area contributed by atoms with E-state index in [-0.39, 0.29) is 0 Å². The average molecular weight is 498 g/mol. The van der Waals surface area contributed by atoms with Crippen LogP contribution in [0, 0.1) is 13.8 Å². The van der Waals surface area contributed by atoms with Crippen LogP contribution in [0.1, 0.15) is 17.0 Å². The lowest BCUT2D eigenvalue weighted by atomic mass is 10.2. The summed E-state index contributed by atoms with van der Waals surface area (Å²) in [7, 11) is 0. The van der Waals surface area contributed by atoms with Gasteiger partial charge in [0.15, 0.2) is 0 Å². The van der Waals surface area contributed by atoms with Crippen molar-refractivity contribution in [1.82, 2.24) is 9.99 Å². The highest BCUT2D eigenvalue weighted by Gasteiger charge is 2.15. The summed E-state index contributed by atoms with van der Waals surface area (Å²) in [5, 5.41) is 8.04. The zero-order chi connectivity index (χ0) is 22.7. The van der Waals surface area contributed by atoms with Gasteiger partial charge in [-0.1, -0.05) is 46.4 Å². The maximum Gasteiger partial charge on any atom is 0.329 e. The highest BCUT2D eigenvalue weighted by Crippen LogP contribution is 2.28. The van der Waals surface area contributed by atoms with Crippen molar-refractivity contribution in [3.63, 3.8) is 0 Å². The second kappa shape index (κ2) is 9.75. The number of hydrogen-bond acceptors (Lipinski definition) is 3. The van der Waals surface area contributed by atoms with E-state index in [0.29, 0.717) is 25.8 Å². The van der Waals surface area contributed by atoms with Gasteiger partial charge in [-0.3, -0.25) is 9.59 Å². The van der Waals surface area contributed by atoms with Gasteiger partial charge < -0.3 is 9.88 Å². The molecule has 3 aromatic rings. The van der Waals surface area contributed by atoms with Crippen LogP contribution in [-0.4, -0.2) is 22.6 Å². The summed E-state index contributed by atoms with van der Waals surface area (Å²) in [6.07, 6.45) is 1.44. The number of aryl methyl sites for hydroxylation is 1. The van der Waals surface area contributed by atoms with Crippen LogP contribution in [0.3, 0.4) is 0 Å². The third kappa shape index (κ3) is 5.60. The van der Waals surface area contributed by atoms with Gasteiger partial charge in [0.2, 0.25) is 0 Å². The fourth-order valence-electron chi connectivity index (χ4n) is 2.97. The molecule has 0 unspecified atom stereocenters. The number of benzene rings is 2. The van der Waals surface area contributed by atoms with Crippen molar-refractivity contribution >= 4 is 70.1 Å². The number of aromatic nitrogens is 1. The maximum atomic E-state index is 12.0. The molecule has 0 spiro atoms. The van der Waals surface area contributed by atoms with Crippen LogP contribution in [0.15, 0.2) is 47.6 Å². The molecule has 0 saturated carbocycles. The lowest BCUT2D eigenvalue weighted by molar-refractivity contribution is -0.136. The maximum absolute atomic E-state index is 12.0. The lowest BCUT2D eigenvalue weighted by Gasteiger charge is -2.12. The Kier molecular flexibility index (Phi) is 7.28. The predicted octanol–water partition coefficient (Wildman–Crippen LogP) is 5.80. The van der Waals surface area contributed by atoms with Crippen molar-refractivity contribution < 1.29 is 9.59 Å². The van der Waals surface area contributed by atoms with E-state index in [1.54, 1.807) is 18.2 Å². The Morgan fingerprint density at radius 1 is 0.903 bits per heavy atom. The molecule has 0 aliphatic heterocycles. The van der Waals surface area contributed by atoms with E-state index < -0.39 is 11.8 Å². The Morgan fingerprint density at radius 3 is 2.26 bits per heavy atom. The number of anilines is 1. The molecule has 0 aliphatic carbocycles. The smallest absolute Gasteiger partial charge is 0.318 e. The second-order valence-electron chi connectivity index (χ2n) is 6.57. The summed E-state index contributed by atoms with van der Waals surface area (Å²) in [6.45, 7) is 3.78. The molecule has 31 heavy (non-hydrogen) atoms. The van der Waals surface area contributed by atoms with E-state index in [1.807, 2.05) is 24.5 Å². The van der Waals surface area contributed by atoms with Crippen molar-refractivity contribution in [2.75, 3.05) is 5.32 Å². The number of halogens is 4. The number of carbonyl (C=O) groups excluding carboxylic acids is 2. The molecule has 1 aromatic heterocycles. The monoisotopic (exact) mass is 496 g/mol. The molecule has 0 saturated heterocycles. The fraction of sp³-hybridized carbons (Fsp3) is 0.0952. The van der Waals surface area contributed by atoms with Crippen LogP contribution in [0.5, 0.6) is 0 Å². The molecule has 0 fully saturated rings. The van der Waals surface area contributed by atoms with E-state index >= 15 is 0 Å². The SMILES string of the molecule is Cc1cc(/C=N\NC(=O)C(=O)Nc2cc(Cl)cc(Cl)c2)c(C)n1-c1cc(Cl)ccc1Cl. The van der Waals surface area contributed by atoms with Crippen molar-refractivity contribution in [2.45, 2.75) is 13.8 Å². The molecule has 1 heterocycles. The lowest BCUT2D eigenvalue weighted by Crippen LogP contribution is -2.32. The Hall–Kier alpha value is -2.51. The molecule has 6 nitrogen and oxygen atoms in total. The molecule has 2 amide bonds. The quantitative estimate of drug-likeness (QED) is 0.271. The topological polar surface area (TPSA) is 75.5 Å². The number of hydrazone groups is 1. The summed E-state index contributed by atoms with van der Waals surface area (Å²) < 4.78 is 1.92. The molecule has 2 aromatic carbocycles. The van der Waals surface area contributed by atoms with Gasteiger partial charge in [0.05, 0.1) is 16.9 Å². The summed E-state index contributed by atoms with van der Waals surface area (Å²) in [4.78, 5) is 24.1. The molecule has 0 atom stereocenters. The van der Waals surface area contributed by atoms with Crippen molar-refractivity contribution in [3.05, 3.63) is 79.5 Å². The molecule has 2 N–H and O–H groups in total. The number of hydrogen-bond donors (Lipinski definition) is 2. The summed E-state index contributed by atoms with van der Waals surface area (Å²) in [5.74, 6) is -1.86. The second-order valence-corrected chi connectivity index (χ2v) is 8.29. The first-order valence-corrected chi connectivity index (χ1v) is 10.4. The van der Waals surface area contributed by atoms with E-state index in [9.17, 15) is 9.59 Å². The number of nitrogens with one attached hydrogen (secondary N) is 2. The van der Waals surface area contributed by atoms with Crippen LogP contribution in [-0.2, 0) is 9.59 Å². The molecule has 0 radical (unpaired) electrons. The van der Waals surface area contributed by atoms with Gasteiger partial charge >= 0.3 is 11.8 Å². The number of amides is 2. The van der Waals surface area contributed by atoms with E-state index in [1.165, 1.54) is 24.4 Å². The molecular weight excluding hydrogens is 482 g/mol. The largest absolute Gasteiger partial charge is 0.329 e. The predicted molar refractivity (Wildman–Crippen MR) is 126 cm³/mol. The zero-order valence-corrected chi connectivity index (χ0v) is 19.4. The van der Waals surface area contributed by atoms with Crippen molar-refractivity contribution in [3.8, 4) is 5.69 Å². The molecule has 160 valence electrons. The highest BCUT2D eigenvalue weighted by atomic mass is 35.5. The van der Waals surface area contributed by atoms with Gasteiger partial charge in [-0.25, -0.2) is 5.43 Å². The van der Waals surface area contributed by atoms with E-state index in [0.717, 1.165) is 22.6 Å². The Morgan fingerprint density at radius 2 is 1.58 bits per heavy atom. The van der Waals surface area contributed by atoms with E-state index in [4.69, 9.17) is 46.4 Å². The molecule has 0 aliphatic rings. The Balaban J connectivity index is 1.72. The number of carbonyl (C=O) groups is 2. The minimum Gasteiger partial charge on any atom is -0.318 e. The molecule has 3 rings (SSSR count). The van der Waals surface area contributed by atoms with E-state index in [2.05, 4.69) is 15.8 Å². The third-order valence-electron chi connectivity index (χ3n) is 4.32. The summed E-state index contributed by atoms with van der Waals surface area (Å²) >= 11 is 24.2. The number of nitrogens with zero attached hydrogens (tertiary/aromatic N) is 2. The van der Waals surface area contributed by atoms with Crippen LogP contribution in [0.4, 0.5) is 5.69 Å². The Bertz CT molecular complexity index is 1180. The van der Waals surface area contributed by atoms with Gasteiger partial charge in [0.1, 0.15) is 0 Å². The minimum atomic E-state index is -0.945. The first-order valence-electron chi connectivity index (χ1n) is 8.90. The molecular formula is C21H16Cl4N4O2. The van der Waals surface area contributed by atoms with Gasteiger partial charge in [0, 0.05) is 37.7 Å². The van der Waals surface area contributed by atoms with Crippen molar-refractivity contribution in [1.29, 1.82) is 0 Å². The zero-order valence-electron chi connectivity index (χ0n) is 16.3. The fourth-order valence-corrected chi connectivity index (χ4v) is 3.87. The van der Waals surface area contributed by atoms with Gasteiger partial charge in [0.25, 0.3) is 0 Å². The standard InChI is InChI=1S/C21H16Cl4N4O2/c1-11-5-13(12(2)29(11)19-9-14(22)3-4-18(19)25)10-26-28-21(31)20(30)27-17-7-15(23)6-16(24)8-17/h3-10H,1-2H3,(H,27,30)(H,28,31)/b26-10-. The molecule has 10 heteroatoms. The van der Waals surface area contributed by atoms with Crippen LogP contribution < -0.4 is 10.7 Å². The van der Waals surface area contributed by atoms with Crippen LogP contribution in [0.2, 0.25) is 20.1 Å². The minimum absolute atomic E-state index is 0.295. The van der Waals surface area contributed by atoms with Gasteiger partial charge in [-0.15, -0.1) is 0 Å². The van der Waals surface area contributed by atoms with Crippen LogP contribution >= 0.6 is 46.4 Å². The third-order valence-corrected chi connectivity index (χ3v) is 5.31. The average Bonchev–Trinajstić information content (AvgIpc) is 2.96. The first kappa shape index (κ1) is 23.2. The van der Waals surface area contributed by atoms with Gasteiger partial charge in [-0.2, -0.15) is 5.10 Å². The Labute approximate surface area is 198 Å². The normalized spacial score (nSPS) is 11.0. The molecule has 0 bridgehead atoms. The number of rotatable bonds is 4. The summed E-state index contributed by atoms with van der Waals surface area (Å²) in [6, 6.07) is 11.5. The summed E-state index contributed by atoms with van der Waals surface area (Å²) in [5.41, 5.74) is 5.67. The van der Waals surface area contributed by atoms with Gasteiger partial charge in [-0.05, 0) is 56.3 Å². The van der Waals surface area contributed by atoms with Crippen LogP contribution in [0.25, 0.3) is 5.69 Å². The van der Waals surface area contributed by atoms with Crippen molar-refractivity contribution in [2.24, 2.45) is 5.10 Å².